The van der Waals surface area contributed by atoms with Crippen molar-refractivity contribution in [2.24, 2.45) is 17.8 Å². The molecule has 5 heteroatoms. The molecule has 6 aliphatic rings. The van der Waals surface area contributed by atoms with E-state index >= 15 is 0 Å². The summed E-state index contributed by atoms with van der Waals surface area (Å²) in [5.74, 6) is 5.23. The number of para-hydroxylation sites is 3. The van der Waals surface area contributed by atoms with E-state index in [9.17, 15) is 0 Å². The van der Waals surface area contributed by atoms with Crippen molar-refractivity contribution in [2.75, 3.05) is 21.4 Å². The van der Waals surface area contributed by atoms with Crippen molar-refractivity contribution in [1.82, 2.24) is 4.98 Å². The zero-order valence-electron chi connectivity index (χ0n) is 32.1. The Morgan fingerprint density at radius 3 is 1.91 bits per heavy atom. The Kier molecular flexibility index (Phi) is 7.30. The molecule has 3 heterocycles. The van der Waals surface area contributed by atoms with E-state index in [1.807, 2.05) is 6.20 Å². The van der Waals surface area contributed by atoms with E-state index in [0.717, 1.165) is 58.7 Å². The quantitative estimate of drug-likeness (QED) is 0.177. The van der Waals surface area contributed by atoms with Crippen LogP contribution in [0.4, 0.5) is 34.3 Å². The van der Waals surface area contributed by atoms with Crippen LogP contribution < -0.4 is 19.4 Å². The second kappa shape index (κ2) is 12.2. The number of fused-ring (bicyclic) bond motifs is 6. The van der Waals surface area contributed by atoms with Crippen LogP contribution in [0.5, 0.6) is 11.5 Å². The Morgan fingerprint density at radius 2 is 1.20 bits per heavy atom. The van der Waals surface area contributed by atoms with Gasteiger partial charge in [0.2, 0.25) is 0 Å². The highest BCUT2D eigenvalue weighted by atomic mass is 16.5. The van der Waals surface area contributed by atoms with E-state index in [1.165, 1.54) is 77.8 Å². The van der Waals surface area contributed by atoms with Gasteiger partial charge in [-0.05, 0) is 133 Å². The van der Waals surface area contributed by atoms with Crippen LogP contribution in [0.25, 0.3) is 22.3 Å². The number of pyridine rings is 1. The van der Waals surface area contributed by atoms with Gasteiger partial charge >= 0.3 is 0 Å². The first-order valence-electron chi connectivity index (χ1n) is 20.3. The summed E-state index contributed by atoms with van der Waals surface area (Å²) in [5.41, 5.74) is 12.3. The molecular weight excluding hydrogens is 673 g/mol. The van der Waals surface area contributed by atoms with Crippen LogP contribution in [-0.2, 0) is 5.41 Å². The standard InChI is InChI=1S/C50H48N4O/c1-49(2,3)36-21-22-51-48(26-36)54-44-16-7-6-15-42(44)40-13-4-5-14-41(40)43-20-19-39(28-47(43)54)55-38-12-10-11-37(27-38)52-32-53(46-18-9-8-17-45(46)52)50-29-33-23-34(30-50)25-35(24-33)31-50/h4-22,26-28,33-35H,23-25,29-32H2,1-3H3. The van der Waals surface area contributed by atoms with Crippen LogP contribution in [0.3, 0.4) is 0 Å². The van der Waals surface area contributed by atoms with Crippen molar-refractivity contribution in [3.05, 3.63) is 139 Å². The molecular formula is C50H48N4O. The summed E-state index contributed by atoms with van der Waals surface area (Å²) >= 11 is 0. The van der Waals surface area contributed by atoms with E-state index in [2.05, 4.69) is 163 Å². The van der Waals surface area contributed by atoms with Gasteiger partial charge < -0.3 is 14.5 Å². The largest absolute Gasteiger partial charge is 0.457 e. The molecule has 0 unspecified atom stereocenters. The first kappa shape index (κ1) is 32.8. The highest BCUT2D eigenvalue weighted by Crippen LogP contribution is 2.60. The predicted octanol–water partition coefficient (Wildman–Crippen LogP) is 13.2. The molecule has 274 valence electrons. The van der Waals surface area contributed by atoms with Crippen LogP contribution in [0.1, 0.15) is 64.9 Å². The lowest BCUT2D eigenvalue weighted by molar-refractivity contribution is -0.00339. The maximum atomic E-state index is 6.85. The van der Waals surface area contributed by atoms with Crippen LogP contribution in [-0.4, -0.2) is 17.2 Å². The fraction of sp³-hybridized carbons (Fsp3) is 0.300. The van der Waals surface area contributed by atoms with Crippen molar-refractivity contribution in [2.45, 2.75) is 70.3 Å². The molecule has 0 spiro atoms. The zero-order chi connectivity index (χ0) is 36.9. The van der Waals surface area contributed by atoms with Gasteiger partial charge in [0, 0.05) is 40.7 Å². The molecule has 4 aliphatic carbocycles. The summed E-state index contributed by atoms with van der Waals surface area (Å²) in [6, 6.07) is 46.1. The predicted molar refractivity (Wildman–Crippen MR) is 225 cm³/mol. The summed E-state index contributed by atoms with van der Waals surface area (Å²) in [6.45, 7) is 7.66. The number of hydrogen-bond donors (Lipinski definition) is 0. The average molecular weight is 721 g/mol. The van der Waals surface area contributed by atoms with Crippen LogP contribution in [0.15, 0.2) is 134 Å². The Balaban J connectivity index is 0.971. The third-order valence-corrected chi connectivity index (χ3v) is 13.4. The summed E-state index contributed by atoms with van der Waals surface area (Å²) in [6.07, 6.45) is 10.4. The molecule has 4 fully saturated rings. The summed E-state index contributed by atoms with van der Waals surface area (Å²) in [5, 5.41) is 0. The highest BCUT2D eigenvalue weighted by molar-refractivity contribution is 6.02. The minimum absolute atomic E-state index is 0.0209. The molecule has 0 saturated heterocycles. The van der Waals surface area contributed by atoms with Crippen LogP contribution in [0.2, 0.25) is 0 Å². The van der Waals surface area contributed by atoms with Crippen LogP contribution >= 0.6 is 0 Å². The van der Waals surface area contributed by atoms with E-state index in [-0.39, 0.29) is 5.41 Å². The second-order valence-corrected chi connectivity index (χ2v) is 18.0. The third kappa shape index (κ3) is 5.38. The number of anilines is 6. The topological polar surface area (TPSA) is 31.8 Å². The number of hydrogen-bond acceptors (Lipinski definition) is 5. The normalized spacial score (nSPS) is 23.2. The minimum atomic E-state index is -0.0209. The molecule has 2 aliphatic heterocycles. The second-order valence-electron chi connectivity index (χ2n) is 18.0. The number of benzene rings is 5. The van der Waals surface area contributed by atoms with Gasteiger partial charge in [-0.25, -0.2) is 4.98 Å². The van der Waals surface area contributed by atoms with E-state index in [1.54, 1.807) is 0 Å². The highest BCUT2D eigenvalue weighted by Gasteiger charge is 2.55. The molecule has 4 saturated carbocycles. The van der Waals surface area contributed by atoms with Gasteiger partial charge in [0.25, 0.3) is 0 Å². The van der Waals surface area contributed by atoms with Crippen molar-refractivity contribution in [3.63, 3.8) is 0 Å². The lowest BCUT2D eigenvalue weighted by Gasteiger charge is -2.60. The number of rotatable bonds is 5. The molecule has 0 N–H and O–H groups in total. The molecule has 4 bridgehead atoms. The van der Waals surface area contributed by atoms with E-state index < -0.39 is 0 Å². The van der Waals surface area contributed by atoms with Crippen molar-refractivity contribution < 1.29 is 4.74 Å². The first-order valence-corrected chi connectivity index (χ1v) is 20.3. The fourth-order valence-corrected chi connectivity index (χ4v) is 11.3. The van der Waals surface area contributed by atoms with Crippen molar-refractivity contribution >= 4 is 34.3 Å². The molecule has 1 aromatic heterocycles. The van der Waals surface area contributed by atoms with Gasteiger partial charge in [-0.1, -0.05) is 81.4 Å². The average Bonchev–Trinajstić information content (AvgIpc) is 3.54. The fourth-order valence-electron chi connectivity index (χ4n) is 11.3. The Labute approximate surface area is 325 Å². The molecule has 55 heavy (non-hydrogen) atoms. The van der Waals surface area contributed by atoms with E-state index in [0.29, 0.717) is 5.54 Å². The molecule has 12 rings (SSSR count). The van der Waals surface area contributed by atoms with E-state index in [4.69, 9.17) is 9.72 Å². The third-order valence-electron chi connectivity index (χ3n) is 13.4. The summed E-state index contributed by atoms with van der Waals surface area (Å²) in [7, 11) is 0. The first-order chi connectivity index (χ1) is 26.8. The smallest absolute Gasteiger partial charge is 0.137 e. The zero-order valence-corrected chi connectivity index (χ0v) is 32.1. The Bertz CT molecular complexity index is 2430. The monoisotopic (exact) mass is 720 g/mol. The lowest BCUT2D eigenvalue weighted by Crippen LogP contribution is -2.60. The molecule has 5 aromatic carbocycles. The summed E-state index contributed by atoms with van der Waals surface area (Å²) < 4.78 is 6.85. The van der Waals surface area contributed by atoms with Gasteiger partial charge in [-0.3, -0.25) is 4.90 Å². The van der Waals surface area contributed by atoms with Gasteiger partial charge in [-0.15, -0.1) is 0 Å². The summed E-state index contributed by atoms with van der Waals surface area (Å²) in [4.78, 5) is 12.7. The van der Waals surface area contributed by atoms with Gasteiger partial charge in [-0.2, -0.15) is 0 Å². The Hall–Kier alpha value is -5.55. The Morgan fingerprint density at radius 1 is 0.582 bits per heavy atom. The molecule has 0 radical (unpaired) electrons. The molecule has 6 aromatic rings. The van der Waals surface area contributed by atoms with Gasteiger partial charge in [0.1, 0.15) is 17.3 Å². The number of ether oxygens (including phenoxy) is 1. The maximum Gasteiger partial charge on any atom is 0.137 e. The number of nitrogens with zero attached hydrogens (tertiary/aromatic N) is 4. The molecule has 0 atom stereocenters. The SMILES string of the molecule is CC(C)(C)c1ccnc(N2c3ccccc3-c3ccccc3-c3ccc(Oc4cccc(N5CN(C67CC8CC(CC(C8)C6)C7)c6ccccc65)c4)cc32)c1. The van der Waals surface area contributed by atoms with Gasteiger partial charge in [0.15, 0.2) is 0 Å². The lowest BCUT2D eigenvalue weighted by atomic mass is 9.52. The van der Waals surface area contributed by atoms with Gasteiger partial charge in [0.05, 0.1) is 29.4 Å². The maximum absolute atomic E-state index is 6.85. The van der Waals surface area contributed by atoms with Crippen molar-refractivity contribution in [1.29, 1.82) is 0 Å². The molecule has 5 nitrogen and oxygen atoms in total. The van der Waals surface area contributed by atoms with Crippen LogP contribution in [0, 0.1) is 17.8 Å². The minimum Gasteiger partial charge on any atom is -0.457 e. The number of aromatic nitrogens is 1. The van der Waals surface area contributed by atoms with Crippen molar-refractivity contribution in [3.8, 4) is 33.8 Å². The molecule has 0 amide bonds.